The van der Waals surface area contributed by atoms with Crippen molar-refractivity contribution in [2.45, 2.75) is 6.54 Å². The quantitative estimate of drug-likeness (QED) is 0.402. The molecule has 0 bridgehead atoms. The lowest BCUT2D eigenvalue weighted by molar-refractivity contribution is -0.119. The van der Waals surface area contributed by atoms with E-state index in [4.69, 9.17) is 10.5 Å². The summed E-state index contributed by atoms with van der Waals surface area (Å²) in [5.41, 5.74) is 6.92. The minimum atomic E-state index is -0.134. The Hall–Kier alpha value is -1.16. The maximum atomic E-state index is 11.8. The Balaban J connectivity index is 0.00000264. The third kappa shape index (κ3) is 6.86. The average molecular weight is 450 g/mol. The second-order valence-corrected chi connectivity index (χ2v) is 6.12. The number of guanidine groups is 1. The molecule has 128 valence electrons. The number of nitrogens with two attached hydrogens (primary N) is 1. The molecule has 1 heterocycles. The summed E-state index contributed by atoms with van der Waals surface area (Å²) in [6, 6.07) is 7.57. The van der Waals surface area contributed by atoms with E-state index >= 15 is 0 Å². The summed E-state index contributed by atoms with van der Waals surface area (Å²) < 4.78 is 5.09. The van der Waals surface area contributed by atoms with Gasteiger partial charge in [0.15, 0.2) is 5.96 Å². The number of nitrogens with zero attached hydrogens (tertiary/aromatic N) is 2. The van der Waals surface area contributed by atoms with Crippen LogP contribution in [0.1, 0.15) is 5.56 Å². The van der Waals surface area contributed by atoms with Gasteiger partial charge in [0.25, 0.3) is 0 Å². The SMILES string of the molecule is COc1ccc(CNC(=O)CN=C(N)N2CCSCC2)cc1.I. The third-order valence-corrected chi connectivity index (χ3v) is 4.31. The van der Waals surface area contributed by atoms with E-state index < -0.39 is 0 Å². The molecule has 23 heavy (non-hydrogen) atoms. The number of nitrogens with one attached hydrogen (secondary N) is 1. The fourth-order valence-electron chi connectivity index (χ4n) is 2.05. The largest absolute Gasteiger partial charge is 0.497 e. The predicted molar refractivity (Wildman–Crippen MR) is 106 cm³/mol. The molecule has 1 aromatic carbocycles. The zero-order valence-corrected chi connectivity index (χ0v) is 16.3. The minimum absolute atomic E-state index is 0. The smallest absolute Gasteiger partial charge is 0.242 e. The van der Waals surface area contributed by atoms with Gasteiger partial charge in [0.05, 0.1) is 7.11 Å². The number of thioether (sulfide) groups is 1. The highest BCUT2D eigenvalue weighted by Crippen LogP contribution is 2.11. The van der Waals surface area contributed by atoms with Crippen LogP contribution in [0.4, 0.5) is 0 Å². The van der Waals surface area contributed by atoms with Crippen LogP contribution in [0.3, 0.4) is 0 Å². The van der Waals surface area contributed by atoms with Crippen molar-refractivity contribution in [3.63, 3.8) is 0 Å². The summed E-state index contributed by atoms with van der Waals surface area (Å²) in [6.45, 7) is 2.32. The molecule has 0 radical (unpaired) electrons. The molecule has 3 N–H and O–H groups in total. The number of halogens is 1. The van der Waals surface area contributed by atoms with Crippen molar-refractivity contribution in [2.24, 2.45) is 10.7 Å². The molecular formula is C15H23IN4O2S. The lowest BCUT2D eigenvalue weighted by Gasteiger charge is -2.27. The van der Waals surface area contributed by atoms with Gasteiger partial charge in [-0.05, 0) is 17.7 Å². The number of carbonyl (C=O) groups is 1. The molecule has 0 unspecified atom stereocenters. The maximum Gasteiger partial charge on any atom is 0.242 e. The Bertz CT molecular complexity index is 519. The lowest BCUT2D eigenvalue weighted by atomic mass is 10.2. The first-order valence-electron chi connectivity index (χ1n) is 7.21. The molecule has 1 aliphatic rings. The standard InChI is InChI=1S/C15H22N4O2S.HI/c1-21-13-4-2-12(3-5-13)10-17-14(20)11-18-15(16)19-6-8-22-9-7-19;/h2-5H,6-11H2,1H3,(H2,16,18)(H,17,20);1H. The van der Waals surface area contributed by atoms with Gasteiger partial charge in [0.1, 0.15) is 12.3 Å². The normalized spacial score (nSPS) is 14.8. The van der Waals surface area contributed by atoms with Crippen molar-refractivity contribution >= 4 is 47.6 Å². The second-order valence-electron chi connectivity index (χ2n) is 4.90. The maximum absolute atomic E-state index is 11.8. The van der Waals surface area contributed by atoms with Gasteiger partial charge in [0, 0.05) is 31.1 Å². The van der Waals surface area contributed by atoms with Crippen LogP contribution in [-0.2, 0) is 11.3 Å². The number of benzene rings is 1. The molecule has 1 saturated heterocycles. The van der Waals surface area contributed by atoms with E-state index in [0.29, 0.717) is 12.5 Å². The van der Waals surface area contributed by atoms with Crippen molar-refractivity contribution in [3.8, 4) is 5.75 Å². The summed E-state index contributed by atoms with van der Waals surface area (Å²) in [4.78, 5) is 18.0. The average Bonchev–Trinajstić information content (AvgIpc) is 2.59. The van der Waals surface area contributed by atoms with Crippen LogP contribution in [-0.4, -0.2) is 55.0 Å². The number of hydrogen-bond donors (Lipinski definition) is 2. The molecule has 1 amide bonds. The van der Waals surface area contributed by atoms with E-state index in [-0.39, 0.29) is 36.4 Å². The number of carbonyl (C=O) groups excluding carboxylic acids is 1. The molecule has 6 nitrogen and oxygen atoms in total. The van der Waals surface area contributed by atoms with Crippen LogP contribution >= 0.6 is 35.7 Å². The summed E-state index contributed by atoms with van der Waals surface area (Å²) >= 11 is 1.91. The van der Waals surface area contributed by atoms with Crippen molar-refractivity contribution in [2.75, 3.05) is 38.2 Å². The zero-order chi connectivity index (χ0) is 15.8. The molecule has 2 rings (SSSR count). The van der Waals surface area contributed by atoms with E-state index in [1.54, 1.807) is 7.11 Å². The van der Waals surface area contributed by atoms with Crippen LogP contribution in [0.15, 0.2) is 29.3 Å². The first-order chi connectivity index (χ1) is 10.7. The molecule has 8 heteroatoms. The number of ether oxygens (including phenoxy) is 1. The molecule has 0 aliphatic carbocycles. The number of amides is 1. The first kappa shape index (κ1) is 19.9. The van der Waals surface area contributed by atoms with Gasteiger partial charge in [0.2, 0.25) is 5.91 Å². The van der Waals surface area contributed by atoms with Gasteiger partial charge in [-0.15, -0.1) is 24.0 Å². The van der Waals surface area contributed by atoms with Crippen molar-refractivity contribution in [1.29, 1.82) is 0 Å². The van der Waals surface area contributed by atoms with Crippen molar-refractivity contribution < 1.29 is 9.53 Å². The number of hydrogen-bond acceptors (Lipinski definition) is 4. The molecule has 0 saturated carbocycles. The molecule has 1 aliphatic heterocycles. The summed E-state index contributed by atoms with van der Waals surface area (Å²) in [5.74, 6) is 3.23. The highest BCUT2D eigenvalue weighted by Gasteiger charge is 2.12. The van der Waals surface area contributed by atoms with Crippen LogP contribution < -0.4 is 15.8 Å². The summed E-state index contributed by atoms with van der Waals surface area (Å²) in [6.07, 6.45) is 0. The van der Waals surface area contributed by atoms with Gasteiger partial charge < -0.3 is 20.7 Å². The molecule has 1 aromatic rings. The number of aliphatic imine (C=N–C) groups is 1. The Morgan fingerprint density at radius 2 is 2.00 bits per heavy atom. The zero-order valence-electron chi connectivity index (χ0n) is 13.2. The van der Waals surface area contributed by atoms with Crippen LogP contribution in [0.5, 0.6) is 5.75 Å². The van der Waals surface area contributed by atoms with Gasteiger partial charge in [-0.1, -0.05) is 12.1 Å². The summed E-state index contributed by atoms with van der Waals surface area (Å²) in [5, 5.41) is 2.83. The topological polar surface area (TPSA) is 79.9 Å². The summed E-state index contributed by atoms with van der Waals surface area (Å²) in [7, 11) is 1.63. The predicted octanol–water partition coefficient (Wildman–Crippen LogP) is 1.29. The van der Waals surface area contributed by atoms with Gasteiger partial charge in [-0.3, -0.25) is 4.79 Å². The first-order valence-corrected chi connectivity index (χ1v) is 8.37. The van der Waals surface area contributed by atoms with Gasteiger partial charge in [-0.2, -0.15) is 11.8 Å². The van der Waals surface area contributed by atoms with E-state index in [0.717, 1.165) is 35.9 Å². The van der Waals surface area contributed by atoms with E-state index in [1.165, 1.54) is 0 Å². The molecule has 0 atom stereocenters. The van der Waals surface area contributed by atoms with Crippen LogP contribution in [0, 0.1) is 0 Å². The Morgan fingerprint density at radius 3 is 2.61 bits per heavy atom. The van der Waals surface area contributed by atoms with Crippen molar-refractivity contribution in [1.82, 2.24) is 10.2 Å². The van der Waals surface area contributed by atoms with Crippen LogP contribution in [0.2, 0.25) is 0 Å². The molecular weight excluding hydrogens is 427 g/mol. The van der Waals surface area contributed by atoms with Gasteiger partial charge >= 0.3 is 0 Å². The molecule has 0 aromatic heterocycles. The fourth-order valence-corrected chi connectivity index (χ4v) is 2.95. The highest BCUT2D eigenvalue weighted by atomic mass is 127. The highest BCUT2D eigenvalue weighted by molar-refractivity contribution is 14.0. The number of methoxy groups -OCH3 is 1. The minimum Gasteiger partial charge on any atom is -0.497 e. The third-order valence-electron chi connectivity index (χ3n) is 3.37. The molecule has 1 fully saturated rings. The van der Waals surface area contributed by atoms with Crippen molar-refractivity contribution in [3.05, 3.63) is 29.8 Å². The number of rotatable bonds is 5. The van der Waals surface area contributed by atoms with Gasteiger partial charge in [-0.25, -0.2) is 4.99 Å². The van der Waals surface area contributed by atoms with Crippen LogP contribution in [0.25, 0.3) is 0 Å². The Labute approximate surface area is 158 Å². The Morgan fingerprint density at radius 1 is 1.35 bits per heavy atom. The Kier molecular flexibility index (Phi) is 9.15. The van der Waals surface area contributed by atoms with E-state index in [2.05, 4.69) is 10.3 Å². The monoisotopic (exact) mass is 450 g/mol. The van der Waals surface area contributed by atoms with E-state index in [1.807, 2.05) is 40.9 Å². The van der Waals surface area contributed by atoms with E-state index in [9.17, 15) is 4.79 Å². The lowest BCUT2D eigenvalue weighted by Crippen LogP contribution is -2.43. The second kappa shape index (κ2) is 10.6. The molecule has 0 spiro atoms. The fraction of sp³-hybridized carbons (Fsp3) is 0.467.